The zero-order valence-corrected chi connectivity index (χ0v) is 25.6. The maximum Gasteiger partial charge on any atom is 0.308 e. The van der Waals surface area contributed by atoms with Crippen molar-refractivity contribution < 1.29 is 19.1 Å². The number of esters is 2. The van der Waals surface area contributed by atoms with E-state index in [0.717, 1.165) is 77.0 Å². The molecule has 0 aromatic rings. The van der Waals surface area contributed by atoms with E-state index >= 15 is 0 Å². The Morgan fingerprint density at radius 2 is 1.16 bits per heavy atom. The average Bonchev–Trinajstić information content (AvgIpc) is 2.90. The van der Waals surface area contributed by atoms with E-state index < -0.39 is 0 Å². The monoisotopic (exact) mass is 522 g/mol. The minimum atomic E-state index is -0.0643. The highest BCUT2D eigenvalue weighted by molar-refractivity contribution is 5.72. The molecule has 216 valence electrons. The van der Waals surface area contributed by atoms with Crippen molar-refractivity contribution in [3.63, 3.8) is 0 Å². The lowest BCUT2D eigenvalue weighted by Crippen LogP contribution is -2.51. The lowest BCUT2D eigenvalue weighted by Gasteiger charge is -2.34. The third kappa shape index (κ3) is 12.5. The highest BCUT2D eigenvalue weighted by atomic mass is 16.5. The molecule has 2 aliphatic heterocycles. The Kier molecular flexibility index (Phi) is 11.5. The Morgan fingerprint density at radius 1 is 0.703 bits per heavy atom. The van der Waals surface area contributed by atoms with Crippen LogP contribution in [0.4, 0.5) is 0 Å². The van der Waals surface area contributed by atoms with Crippen molar-refractivity contribution in [2.24, 2.45) is 5.92 Å². The van der Waals surface area contributed by atoms with Gasteiger partial charge in [-0.2, -0.15) is 0 Å². The summed E-state index contributed by atoms with van der Waals surface area (Å²) in [7, 11) is 0. The SMILES string of the molecule is CC(CCCCCCCC(=O)OC1CCC(C)(C)NC(C)(C)C1)C(=O)OC1CCC(C)(C)NC(C)(C)C1. The van der Waals surface area contributed by atoms with Gasteiger partial charge in [0.2, 0.25) is 0 Å². The molecule has 2 N–H and O–H groups in total. The van der Waals surface area contributed by atoms with Crippen molar-refractivity contribution in [1.82, 2.24) is 10.6 Å². The van der Waals surface area contributed by atoms with Crippen LogP contribution in [0.3, 0.4) is 0 Å². The number of hydrogen-bond donors (Lipinski definition) is 2. The molecular weight excluding hydrogens is 464 g/mol. The maximum atomic E-state index is 12.7. The molecule has 6 nitrogen and oxygen atoms in total. The fraction of sp³-hybridized carbons (Fsp3) is 0.935. The van der Waals surface area contributed by atoms with Crippen LogP contribution in [0.15, 0.2) is 0 Å². The second kappa shape index (κ2) is 13.3. The van der Waals surface area contributed by atoms with Gasteiger partial charge in [-0.3, -0.25) is 9.59 Å². The van der Waals surface area contributed by atoms with Crippen LogP contribution in [0, 0.1) is 5.92 Å². The molecule has 0 aromatic heterocycles. The van der Waals surface area contributed by atoms with Gasteiger partial charge in [0.1, 0.15) is 12.2 Å². The molecule has 2 heterocycles. The molecule has 0 radical (unpaired) electrons. The molecule has 3 atom stereocenters. The molecule has 0 amide bonds. The third-order valence-corrected chi connectivity index (χ3v) is 8.01. The van der Waals surface area contributed by atoms with Gasteiger partial charge < -0.3 is 20.1 Å². The van der Waals surface area contributed by atoms with Gasteiger partial charge in [0, 0.05) is 41.4 Å². The number of hydrogen-bond acceptors (Lipinski definition) is 6. The molecule has 0 saturated carbocycles. The van der Waals surface area contributed by atoms with Crippen LogP contribution in [0.2, 0.25) is 0 Å². The first-order chi connectivity index (χ1) is 17.0. The summed E-state index contributed by atoms with van der Waals surface area (Å²) in [5.41, 5.74) is 0.0591. The second-order valence-corrected chi connectivity index (χ2v) is 14.6. The Morgan fingerprint density at radius 3 is 1.70 bits per heavy atom. The zero-order chi connectivity index (χ0) is 27.9. The Balaban J connectivity index is 1.58. The normalized spacial score (nSPS) is 27.4. The van der Waals surface area contributed by atoms with Crippen LogP contribution in [0.25, 0.3) is 0 Å². The van der Waals surface area contributed by atoms with Gasteiger partial charge >= 0.3 is 11.9 Å². The predicted molar refractivity (Wildman–Crippen MR) is 152 cm³/mol. The number of rotatable bonds is 11. The van der Waals surface area contributed by atoms with Crippen LogP contribution in [0.5, 0.6) is 0 Å². The summed E-state index contributed by atoms with van der Waals surface area (Å²) in [5, 5.41) is 7.39. The number of ether oxygens (including phenoxy) is 2. The van der Waals surface area contributed by atoms with Gasteiger partial charge in [-0.1, -0.05) is 32.6 Å². The predicted octanol–water partition coefficient (Wildman–Crippen LogP) is 6.84. The smallest absolute Gasteiger partial charge is 0.308 e. The van der Waals surface area contributed by atoms with Crippen molar-refractivity contribution in [2.45, 2.75) is 180 Å². The van der Waals surface area contributed by atoms with Crippen molar-refractivity contribution >= 4 is 11.9 Å². The molecule has 37 heavy (non-hydrogen) atoms. The first kappa shape index (κ1) is 32.1. The zero-order valence-electron chi connectivity index (χ0n) is 25.6. The van der Waals surface area contributed by atoms with Crippen LogP contribution in [-0.2, 0) is 19.1 Å². The van der Waals surface area contributed by atoms with E-state index in [9.17, 15) is 9.59 Å². The Hall–Kier alpha value is -1.14. The van der Waals surface area contributed by atoms with Gasteiger partial charge in [-0.05, 0) is 93.9 Å². The van der Waals surface area contributed by atoms with E-state index in [-0.39, 0.29) is 52.2 Å². The Labute approximate surface area is 227 Å². The molecule has 2 rings (SSSR count). The van der Waals surface area contributed by atoms with E-state index in [0.29, 0.717) is 6.42 Å². The first-order valence-corrected chi connectivity index (χ1v) is 15.0. The van der Waals surface area contributed by atoms with Gasteiger partial charge in [0.05, 0.1) is 5.92 Å². The quantitative estimate of drug-likeness (QED) is 0.229. The molecule has 2 saturated heterocycles. The molecule has 6 heteroatoms. The molecule has 2 fully saturated rings. The molecular formula is C31H58N2O4. The minimum absolute atomic E-state index is 0.00447. The van der Waals surface area contributed by atoms with Gasteiger partial charge in [-0.15, -0.1) is 0 Å². The number of nitrogens with one attached hydrogen (secondary N) is 2. The highest BCUT2D eigenvalue weighted by Crippen LogP contribution is 2.30. The molecule has 0 aliphatic carbocycles. The topological polar surface area (TPSA) is 76.7 Å². The van der Waals surface area contributed by atoms with Gasteiger partial charge in [0.15, 0.2) is 0 Å². The summed E-state index contributed by atoms with van der Waals surface area (Å²) in [6.07, 6.45) is 12.0. The standard InChI is InChI=1S/C31H58N2O4/c1-23(27(35)37-25-18-20-29(4,5)33-31(8,9)22-25)15-13-11-10-12-14-16-26(34)36-24-17-19-28(2,3)32-30(6,7)21-24/h23-25,32-33H,10-22H2,1-9H3. The minimum Gasteiger partial charge on any atom is -0.462 e. The summed E-state index contributed by atoms with van der Waals surface area (Å²) < 4.78 is 11.8. The lowest BCUT2D eigenvalue weighted by molar-refractivity contribution is -0.155. The van der Waals surface area contributed by atoms with Crippen molar-refractivity contribution in [2.75, 3.05) is 0 Å². The largest absolute Gasteiger partial charge is 0.462 e. The van der Waals surface area contributed by atoms with Crippen LogP contribution >= 0.6 is 0 Å². The fourth-order valence-electron chi connectivity index (χ4n) is 6.54. The molecule has 3 unspecified atom stereocenters. The van der Waals surface area contributed by atoms with Crippen molar-refractivity contribution in [1.29, 1.82) is 0 Å². The average molecular weight is 523 g/mol. The summed E-state index contributed by atoms with van der Waals surface area (Å²) in [6.45, 7) is 19.7. The van der Waals surface area contributed by atoms with E-state index in [2.05, 4.69) is 66.0 Å². The van der Waals surface area contributed by atoms with Crippen molar-refractivity contribution in [3.05, 3.63) is 0 Å². The van der Waals surface area contributed by atoms with Crippen LogP contribution in [-0.4, -0.2) is 46.3 Å². The summed E-state index contributed by atoms with van der Waals surface area (Å²) in [4.78, 5) is 25.1. The van der Waals surface area contributed by atoms with E-state index in [1.165, 1.54) is 0 Å². The lowest BCUT2D eigenvalue weighted by atomic mass is 9.96. The number of unbranched alkanes of at least 4 members (excludes halogenated alkanes) is 4. The van der Waals surface area contributed by atoms with E-state index in [1.807, 2.05) is 6.92 Å². The maximum absolute atomic E-state index is 12.7. The molecule has 2 aliphatic rings. The summed E-state index contributed by atoms with van der Waals surface area (Å²) >= 11 is 0. The summed E-state index contributed by atoms with van der Waals surface area (Å²) in [5.74, 6) is -0.175. The van der Waals surface area contributed by atoms with Gasteiger partial charge in [-0.25, -0.2) is 0 Å². The third-order valence-electron chi connectivity index (χ3n) is 8.01. The fourth-order valence-corrected chi connectivity index (χ4v) is 6.54. The van der Waals surface area contributed by atoms with E-state index in [1.54, 1.807) is 0 Å². The summed E-state index contributed by atoms with van der Waals surface area (Å²) in [6, 6.07) is 0. The molecule has 0 spiro atoms. The number of carbonyl (C=O) groups is 2. The first-order valence-electron chi connectivity index (χ1n) is 15.0. The molecule has 0 aromatic carbocycles. The number of carbonyl (C=O) groups excluding carboxylic acids is 2. The van der Waals surface area contributed by atoms with Crippen LogP contribution < -0.4 is 10.6 Å². The van der Waals surface area contributed by atoms with Crippen LogP contribution in [0.1, 0.15) is 146 Å². The van der Waals surface area contributed by atoms with Crippen molar-refractivity contribution in [3.8, 4) is 0 Å². The molecule has 0 bridgehead atoms. The second-order valence-electron chi connectivity index (χ2n) is 14.6. The van der Waals surface area contributed by atoms with Gasteiger partial charge in [0.25, 0.3) is 0 Å². The highest BCUT2D eigenvalue weighted by Gasteiger charge is 2.37. The Bertz CT molecular complexity index is 743. The van der Waals surface area contributed by atoms with E-state index in [4.69, 9.17) is 9.47 Å².